The first-order valence-corrected chi connectivity index (χ1v) is 14.8. The number of imidazole rings is 1. The first-order chi connectivity index (χ1) is 19.4. The molecule has 0 atom stereocenters. The van der Waals surface area contributed by atoms with Gasteiger partial charge in [-0.1, -0.05) is 18.2 Å². The SMILES string of the molecule is CCn1cnc2c(Nc3ccc(S(=O)(=O)Nc4cnc5ccccc5c4)cc3)nc(NC3CCC(O)CC3)nc21. The minimum atomic E-state index is -3.82. The van der Waals surface area contributed by atoms with Crippen LogP contribution in [0.4, 0.5) is 23.1 Å². The highest BCUT2D eigenvalue weighted by Gasteiger charge is 2.22. The van der Waals surface area contributed by atoms with Gasteiger partial charge in [-0.25, -0.2) is 13.4 Å². The van der Waals surface area contributed by atoms with E-state index in [-0.39, 0.29) is 17.0 Å². The molecule has 1 fully saturated rings. The summed E-state index contributed by atoms with van der Waals surface area (Å²) in [4.78, 5) is 18.4. The lowest BCUT2D eigenvalue weighted by Crippen LogP contribution is -2.29. The van der Waals surface area contributed by atoms with E-state index in [2.05, 4.69) is 25.3 Å². The predicted octanol–water partition coefficient (Wildman–Crippen LogP) is 4.65. The average molecular weight is 559 g/mol. The maximum atomic E-state index is 13.1. The van der Waals surface area contributed by atoms with Gasteiger partial charge in [0.1, 0.15) is 0 Å². The van der Waals surface area contributed by atoms with Crippen LogP contribution < -0.4 is 15.4 Å². The molecular weight excluding hydrogens is 528 g/mol. The van der Waals surface area contributed by atoms with Gasteiger partial charge < -0.3 is 20.3 Å². The van der Waals surface area contributed by atoms with Crippen LogP contribution in [0, 0.1) is 0 Å². The summed E-state index contributed by atoms with van der Waals surface area (Å²) in [5.74, 6) is 1.01. The highest BCUT2D eigenvalue weighted by atomic mass is 32.2. The second kappa shape index (κ2) is 10.7. The zero-order valence-electron chi connectivity index (χ0n) is 21.9. The van der Waals surface area contributed by atoms with E-state index in [0.29, 0.717) is 40.8 Å². The molecule has 3 heterocycles. The summed E-state index contributed by atoms with van der Waals surface area (Å²) >= 11 is 0. The number of hydrogen-bond acceptors (Lipinski definition) is 9. The summed E-state index contributed by atoms with van der Waals surface area (Å²) in [5.41, 5.74) is 3.16. The monoisotopic (exact) mass is 558 g/mol. The zero-order chi connectivity index (χ0) is 27.7. The molecule has 0 unspecified atom stereocenters. The number of pyridine rings is 1. The van der Waals surface area contributed by atoms with Crippen molar-refractivity contribution in [1.29, 1.82) is 0 Å². The lowest BCUT2D eigenvalue weighted by molar-refractivity contribution is 0.126. The topological polar surface area (TPSA) is 147 Å². The summed E-state index contributed by atoms with van der Waals surface area (Å²) in [7, 11) is -3.82. The molecule has 0 amide bonds. The van der Waals surface area contributed by atoms with Crippen molar-refractivity contribution in [2.75, 3.05) is 15.4 Å². The summed E-state index contributed by atoms with van der Waals surface area (Å²) in [6, 6.07) is 15.9. The molecule has 0 radical (unpaired) electrons. The van der Waals surface area contributed by atoms with Crippen LogP contribution in [0.3, 0.4) is 0 Å². The Hall–Kier alpha value is -4.29. The normalized spacial score (nSPS) is 17.6. The molecule has 2 aromatic carbocycles. The van der Waals surface area contributed by atoms with Crippen molar-refractivity contribution in [2.24, 2.45) is 0 Å². The predicted molar refractivity (Wildman–Crippen MR) is 155 cm³/mol. The van der Waals surface area contributed by atoms with E-state index in [0.717, 1.165) is 36.6 Å². The minimum Gasteiger partial charge on any atom is -0.393 e. The number of para-hydroxylation sites is 1. The summed E-state index contributed by atoms with van der Waals surface area (Å²) < 4.78 is 30.7. The summed E-state index contributed by atoms with van der Waals surface area (Å²) in [5, 5.41) is 17.4. The number of fused-ring (bicyclic) bond motifs is 2. The third-order valence-electron chi connectivity index (χ3n) is 7.10. The van der Waals surface area contributed by atoms with E-state index in [1.165, 1.54) is 18.3 Å². The number of rotatable bonds is 8. The lowest BCUT2D eigenvalue weighted by atomic mass is 9.93. The van der Waals surface area contributed by atoms with Gasteiger partial charge in [0, 0.05) is 23.7 Å². The third-order valence-corrected chi connectivity index (χ3v) is 8.50. The zero-order valence-corrected chi connectivity index (χ0v) is 22.8. The van der Waals surface area contributed by atoms with Gasteiger partial charge in [0.05, 0.1) is 34.7 Å². The molecule has 3 aromatic heterocycles. The molecule has 1 aliphatic rings. The van der Waals surface area contributed by atoms with Crippen molar-refractivity contribution in [3.05, 3.63) is 67.1 Å². The van der Waals surface area contributed by atoms with E-state index < -0.39 is 10.0 Å². The van der Waals surface area contributed by atoms with Crippen molar-refractivity contribution in [1.82, 2.24) is 24.5 Å². The molecule has 1 saturated carbocycles. The fourth-order valence-corrected chi connectivity index (χ4v) is 5.96. The molecule has 0 aliphatic heterocycles. The maximum Gasteiger partial charge on any atom is 0.261 e. The number of aliphatic hydroxyl groups is 1. The average Bonchev–Trinajstić information content (AvgIpc) is 3.38. The van der Waals surface area contributed by atoms with Crippen molar-refractivity contribution >= 4 is 55.2 Å². The van der Waals surface area contributed by atoms with Crippen LogP contribution in [-0.4, -0.2) is 50.2 Å². The van der Waals surface area contributed by atoms with Crippen LogP contribution in [0.5, 0.6) is 0 Å². The molecule has 4 N–H and O–H groups in total. The first kappa shape index (κ1) is 26.0. The number of sulfonamides is 1. The van der Waals surface area contributed by atoms with Crippen molar-refractivity contribution in [2.45, 2.75) is 56.2 Å². The van der Waals surface area contributed by atoms with Gasteiger partial charge in [-0.05, 0) is 69.0 Å². The highest BCUT2D eigenvalue weighted by Crippen LogP contribution is 2.28. The number of nitrogens with one attached hydrogen (secondary N) is 3. The molecular formula is C28H30N8O3S. The molecule has 1 aliphatic carbocycles. The Kier molecular flexibility index (Phi) is 6.95. The van der Waals surface area contributed by atoms with Crippen molar-refractivity contribution in [3.63, 3.8) is 0 Å². The Morgan fingerprint density at radius 2 is 1.75 bits per heavy atom. The number of benzene rings is 2. The fourth-order valence-electron chi connectivity index (χ4n) is 4.93. The quantitative estimate of drug-likeness (QED) is 0.214. The number of hydrogen-bond donors (Lipinski definition) is 4. The largest absolute Gasteiger partial charge is 0.393 e. The smallest absolute Gasteiger partial charge is 0.261 e. The first-order valence-electron chi connectivity index (χ1n) is 13.3. The van der Waals surface area contributed by atoms with Gasteiger partial charge in [-0.3, -0.25) is 9.71 Å². The third kappa shape index (κ3) is 5.40. The summed E-state index contributed by atoms with van der Waals surface area (Å²) in [6.45, 7) is 2.72. The van der Waals surface area contributed by atoms with E-state index in [1.54, 1.807) is 24.5 Å². The molecule has 6 rings (SSSR count). The number of aliphatic hydroxyl groups excluding tert-OH is 1. The Morgan fingerprint density at radius 3 is 2.52 bits per heavy atom. The van der Waals surface area contributed by atoms with Crippen LogP contribution >= 0.6 is 0 Å². The van der Waals surface area contributed by atoms with Gasteiger partial charge in [0.2, 0.25) is 5.95 Å². The molecule has 206 valence electrons. The standard InChI is InChI=1S/C28H30N8O3S/c1-2-36-17-30-25-26(33-28(34-27(25)36)32-20-7-11-22(37)12-8-20)31-19-9-13-23(14-10-19)40(38,39)35-21-15-18-5-3-4-6-24(18)29-16-21/h3-6,9-10,13-17,20,22,35,37H,2,7-8,11-12H2,1H3,(H2,31,32,33,34). The molecule has 12 heteroatoms. The molecule has 0 spiro atoms. The minimum absolute atomic E-state index is 0.121. The van der Waals surface area contributed by atoms with Crippen molar-refractivity contribution in [3.8, 4) is 0 Å². The van der Waals surface area contributed by atoms with Crippen LogP contribution in [0.2, 0.25) is 0 Å². The molecule has 5 aromatic rings. The number of nitrogens with zero attached hydrogens (tertiary/aromatic N) is 5. The van der Waals surface area contributed by atoms with Gasteiger partial charge >= 0.3 is 0 Å². The second-order valence-corrected chi connectivity index (χ2v) is 11.6. The van der Waals surface area contributed by atoms with Crippen LogP contribution in [0.25, 0.3) is 22.1 Å². The van der Waals surface area contributed by atoms with Crippen LogP contribution in [-0.2, 0) is 16.6 Å². The van der Waals surface area contributed by atoms with Gasteiger partial charge in [0.25, 0.3) is 10.0 Å². The maximum absolute atomic E-state index is 13.1. The van der Waals surface area contributed by atoms with Gasteiger partial charge in [-0.2, -0.15) is 9.97 Å². The molecule has 40 heavy (non-hydrogen) atoms. The van der Waals surface area contributed by atoms with Crippen LogP contribution in [0.15, 0.2) is 72.0 Å². The van der Waals surface area contributed by atoms with Crippen molar-refractivity contribution < 1.29 is 13.5 Å². The molecule has 11 nitrogen and oxygen atoms in total. The summed E-state index contributed by atoms with van der Waals surface area (Å²) in [6.07, 6.45) is 6.18. The fraction of sp³-hybridized carbons (Fsp3) is 0.286. The Morgan fingerprint density at radius 1 is 0.975 bits per heavy atom. The Balaban J connectivity index is 1.23. The number of aryl methyl sites for hydroxylation is 1. The molecule has 0 saturated heterocycles. The van der Waals surface area contributed by atoms with E-state index in [9.17, 15) is 13.5 Å². The van der Waals surface area contributed by atoms with E-state index in [1.807, 2.05) is 35.8 Å². The second-order valence-electron chi connectivity index (χ2n) is 9.92. The Labute approximate surface area is 231 Å². The van der Waals surface area contributed by atoms with Gasteiger partial charge in [0.15, 0.2) is 17.0 Å². The molecule has 0 bridgehead atoms. The number of anilines is 4. The van der Waals surface area contributed by atoms with Gasteiger partial charge in [-0.15, -0.1) is 0 Å². The highest BCUT2D eigenvalue weighted by molar-refractivity contribution is 7.92. The number of aromatic nitrogens is 5. The van der Waals surface area contributed by atoms with Crippen LogP contribution in [0.1, 0.15) is 32.6 Å². The van der Waals surface area contributed by atoms with E-state index >= 15 is 0 Å². The Bertz CT molecular complexity index is 1760. The lowest BCUT2D eigenvalue weighted by Gasteiger charge is -2.26. The van der Waals surface area contributed by atoms with E-state index in [4.69, 9.17) is 9.97 Å².